The topological polar surface area (TPSA) is 89.5 Å². The minimum absolute atomic E-state index is 0.0160. The van der Waals surface area contributed by atoms with Crippen molar-refractivity contribution < 1.29 is 38.0 Å². The summed E-state index contributed by atoms with van der Waals surface area (Å²) in [6.07, 6.45) is -2.15. The lowest BCUT2D eigenvalue weighted by Crippen LogP contribution is -2.22. The molecule has 2 aliphatic rings. The van der Waals surface area contributed by atoms with Gasteiger partial charge >= 0.3 is 12.3 Å². The van der Waals surface area contributed by atoms with Crippen LogP contribution in [0, 0.1) is 0 Å². The number of carbonyl (C=O) groups excluding carboxylic acids is 2. The van der Waals surface area contributed by atoms with E-state index in [-0.39, 0.29) is 33.2 Å². The monoisotopic (exact) mass is 248 g/mol. The summed E-state index contributed by atoms with van der Waals surface area (Å²) >= 11 is 0. The maximum absolute atomic E-state index is 10.6. The average Bonchev–Trinajstić information content (AvgIpc) is 2.88. The van der Waals surface area contributed by atoms with Crippen LogP contribution in [0.4, 0.5) is 9.59 Å². The van der Waals surface area contributed by atoms with Crippen LogP contribution >= 0.6 is 0 Å². The summed E-state index contributed by atoms with van der Waals surface area (Å²) < 4.78 is 28.8. The summed E-state index contributed by atoms with van der Waals surface area (Å²) in [5, 5.41) is 0. The number of hydrogen-bond acceptors (Lipinski definition) is 8. The third kappa shape index (κ3) is 3.75. The highest BCUT2D eigenvalue weighted by molar-refractivity contribution is 5.62. The number of cyclic esters (lactones) is 4. The minimum atomic E-state index is -0.686. The normalized spacial score (nSPS) is 27.3. The highest BCUT2D eigenvalue weighted by atomic mass is 16.8. The van der Waals surface area contributed by atoms with Gasteiger partial charge in [-0.1, -0.05) is 0 Å². The molecule has 0 bridgehead atoms. The Balaban J connectivity index is 1.46. The largest absolute Gasteiger partial charge is 0.508 e. The lowest BCUT2D eigenvalue weighted by molar-refractivity contribution is -0.0897. The fourth-order valence-corrected chi connectivity index (χ4v) is 1.31. The standard InChI is InChI=1S/C9H12O8/c10-8-14-3-6(16-8)1-12-5-13-2-7-4-15-9(11)17-7/h6-7H,1-5H2. The summed E-state index contributed by atoms with van der Waals surface area (Å²) in [5.41, 5.74) is 0. The zero-order chi connectivity index (χ0) is 12.1. The van der Waals surface area contributed by atoms with E-state index in [4.69, 9.17) is 18.9 Å². The molecule has 2 fully saturated rings. The van der Waals surface area contributed by atoms with Crippen LogP contribution in [-0.2, 0) is 28.4 Å². The van der Waals surface area contributed by atoms with Gasteiger partial charge in [0.2, 0.25) is 0 Å². The molecule has 0 radical (unpaired) electrons. The maximum atomic E-state index is 10.6. The van der Waals surface area contributed by atoms with E-state index < -0.39 is 24.5 Å². The first-order valence-electron chi connectivity index (χ1n) is 5.06. The van der Waals surface area contributed by atoms with Crippen molar-refractivity contribution in [3.05, 3.63) is 0 Å². The van der Waals surface area contributed by atoms with E-state index in [2.05, 4.69) is 9.47 Å². The lowest BCUT2D eigenvalue weighted by Gasteiger charge is -2.09. The molecule has 0 spiro atoms. The molecule has 8 heteroatoms. The third-order valence-corrected chi connectivity index (χ3v) is 2.07. The van der Waals surface area contributed by atoms with Gasteiger partial charge in [-0.05, 0) is 0 Å². The van der Waals surface area contributed by atoms with E-state index in [0.717, 1.165) is 0 Å². The van der Waals surface area contributed by atoms with E-state index in [9.17, 15) is 9.59 Å². The first-order valence-corrected chi connectivity index (χ1v) is 5.06. The molecule has 2 unspecified atom stereocenters. The Morgan fingerprint density at radius 2 is 1.41 bits per heavy atom. The Kier molecular flexibility index (Phi) is 3.99. The smallest absolute Gasteiger partial charge is 0.430 e. The van der Waals surface area contributed by atoms with Crippen LogP contribution in [0.2, 0.25) is 0 Å². The maximum Gasteiger partial charge on any atom is 0.508 e. The van der Waals surface area contributed by atoms with Crippen molar-refractivity contribution in [2.45, 2.75) is 12.2 Å². The van der Waals surface area contributed by atoms with Gasteiger partial charge in [0.1, 0.15) is 20.0 Å². The van der Waals surface area contributed by atoms with E-state index in [0.29, 0.717) is 0 Å². The SMILES string of the molecule is O=C1OCC(COCOCC2COC(=O)O2)O1. The second kappa shape index (κ2) is 5.69. The van der Waals surface area contributed by atoms with Crippen LogP contribution in [0.1, 0.15) is 0 Å². The van der Waals surface area contributed by atoms with Crippen molar-refractivity contribution in [1.82, 2.24) is 0 Å². The van der Waals surface area contributed by atoms with E-state index in [1.54, 1.807) is 0 Å². The summed E-state index contributed by atoms with van der Waals surface area (Å²) in [4.78, 5) is 21.1. The van der Waals surface area contributed by atoms with Crippen molar-refractivity contribution >= 4 is 12.3 Å². The Bertz CT molecular complexity index is 263. The molecule has 2 aliphatic heterocycles. The van der Waals surface area contributed by atoms with Gasteiger partial charge < -0.3 is 28.4 Å². The Morgan fingerprint density at radius 3 is 1.76 bits per heavy atom. The van der Waals surface area contributed by atoms with Crippen LogP contribution in [0.3, 0.4) is 0 Å². The lowest BCUT2D eigenvalue weighted by atomic mass is 10.4. The van der Waals surface area contributed by atoms with Crippen LogP contribution in [0.25, 0.3) is 0 Å². The van der Waals surface area contributed by atoms with E-state index in [1.165, 1.54) is 0 Å². The fourth-order valence-electron chi connectivity index (χ4n) is 1.31. The number of hydrogen-bond donors (Lipinski definition) is 0. The van der Waals surface area contributed by atoms with Crippen molar-refractivity contribution in [3.63, 3.8) is 0 Å². The third-order valence-electron chi connectivity index (χ3n) is 2.07. The predicted molar refractivity (Wildman–Crippen MR) is 49.2 cm³/mol. The van der Waals surface area contributed by atoms with Crippen molar-refractivity contribution in [3.8, 4) is 0 Å². The van der Waals surface area contributed by atoms with Crippen LogP contribution in [0.5, 0.6) is 0 Å². The Labute approximate surface area is 96.7 Å². The number of ether oxygens (including phenoxy) is 6. The highest BCUT2D eigenvalue weighted by Crippen LogP contribution is 2.07. The summed E-state index contributed by atoms with van der Waals surface area (Å²) in [7, 11) is 0. The van der Waals surface area contributed by atoms with Gasteiger partial charge in [-0.3, -0.25) is 0 Å². The van der Waals surface area contributed by atoms with Crippen LogP contribution in [-0.4, -0.2) is 57.7 Å². The zero-order valence-electron chi connectivity index (χ0n) is 8.96. The predicted octanol–water partition coefficient (Wildman–Crippen LogP) is 0.0479. The first-order chi connectivity index (χ1) is 8.24. The second-order valence-electron chi connectivity index (χ2n) is 3.46. The molecule has 0 N–H and O–H groups in total. The molecule has 0 aromatic carbocycles. The van der Waals surface area contributed by atoms with Crippen LogP contribution in [0.15, 0.2) is 0 Å². The molecule has 0 aliphatic carbocycles. The van der Waals surface area contributed by atoms with Gasteiger partial charge in [-0.2, -0.15) is 0 Å². The molecule has 96 valence electrons. The van der Waals surface area contributed by atoms with E-state index >= 15 is 0 Å². The van der Waals surface area contributed by atoms with Gasteiger partial charge in [0.05, 0.1) is 13.2 Å². The van der Waals surface area contributed by atoms with Crippen LogP contribution < -0.4 is 0 Å². The molecule has 2 atom stereocenters. The molecule has 0 aromatic heterocycles. The molecule has 0 aromatic rings. The molecule has 0 amide bonds. The zero-order valence-corrected chi connectivity index (χ0v) is 8.96. The molecule has 8 nitrogen and oxygen atoms in total. The molecule has 2 saturated heterocycles. The summed E-state index contributed by atoms with van der Waals surface area (Å²) in [6, 6.07) is 0. The van der Waals surface area contributed by atoms with Gasteiger partial charge in [0.25, 0.3) is 0 Å². The van der Waals surface area contributed by atoms with Gasteiger partial charge in [0, 0.05) is 0 Å². The molecule has 0 saturated carbocycles. The second-order valence-corrected chi connectivity index (χ2v) is 3.46. The van der Waals surface area contributed by atoms with Gasteiger partial charge in [-0.25, -0.2) is 9.59 Å². The van der Waals surface area contributed by atoms with Crippen molar-refractivity contribution in [1.29, 1.82) is 0 Å². The summed E-state index contributed by atoms with van der Waals surface area (Å²) in [5.74, 6) is 0. The minimum Gasteiger partial charge on any atom is -0.430 e. The van der Waals surface area contributed by atoms with Crippen molar-refractivity contribution in [2.24, 2.45) is 0 Å². The number of carbonyl (C=O) groups is 2. The molecular weight excluding hydrogens is 236 g/mol. The molecular formula is C9H12O8. The number of rotatable bonds is 6. The van der Waals surface area contributed by atoms with Gasteiger partial charge in [-0.15, -0.1) is 0 Å². The average molecular weight is 248 g/mol. The van der Waals surface area contributed by atoms with E-state index in [1.807, 2.05) is 0 Å². The quantitative estimate of drug-likeness (QED) is 0.370. The molecule has 2 heterocycles. The Morgan fingerprint density at radius 1 is 0.941 bits per heavy atom. The first kappa shape index (κ1) is 11.9. The molecule has 2 rings (SSSR count). The Hall–Kier alpha value is -1.54. The summed E-state index contributed by atoms with van der Waals surface area (Å²) in [6.45, 7) is 0.793. The van der Waals surface area contributed by atoms with Gasteiger partial charge in [0.15, 0.2) is 12.2 Å². The highest BCUT2D eigenvalue weighted by Gasteiger charge is 2.26. The molecule has 17 heavy (non-hydrogen) atoms. The fraction of sp³-hybridized carbons (Fsp3) is 0.778. The van der Waals surface area contributed by atoms with Crippen molar-refractivity contribution in [2.75, 3.05) is 33.2 Å².